The Morgan fingerprint density at radius 3 is 2.30 bits per heavy atom. The molecule has 20 heavy (non-hydrogen) atoms. The lowest BCUT2D eigenvalue weighted by Crippen LogP contribution is -1.96. The first-order chi connectivity index (χ1) is 9.38. The molecule has 0 aliphatic heterocycles. The van der Waals surface area contributed by atoms with Crippen LogP contribution >= 0.6 is 11.3 Å². The highest BCUT2D eigenvalue weighted by Gasteiger charge is 2.12. The van der Waals surface area contributed by atoms with Gasteiger partial charge in [0.2, 0.25) is 0 Å². The molecule has 0 unspecified atom stereocenters. The number of hydrogen-bond acceptors (Lipinski definition) is 5. The van der Waals surface area contributed by atoms with Crippen molar-refractivity contribution in [2.24, 2.45) is 0 Å². The molecule has 7 heteroatoms. The van der Waals surface area contributed by atoms with E-state index < -0.39 is 14.8 Å². The monoisotopic (exact) mass is 309 g/mol. The third kappa shape index (κ3) is 3.31. The zero-order chi connectivity index (χ0) is 14.8. The van der Waals surface area contributed by atoms with Gasteiger partial charge in [-0.1, -0.05) is 0 Å². The lowest BCUT2D eigenvalue weighted by atomic mass is 10.3. The fourth-order valence-electron chi connectivity index (χ4n) is 1.54. The van der Waals surface area contributed by atoms with Crippen LogP contribution in [0.25, 0.3) is 6.08 Å². The summed E-state index contributed by atoms with van der Waals surface area (Å²) >= 11 is 1.49. The lowest BCUT2D eigenvalue weighted by Gasteiger charge is -1.98. The number of benzene rings is 1. The number of aryl methyl sites for hydroxylation is 1. The number of sulfone groups is 1. The van der Waals surface area contributed by atoms with Crippen LogP contribution in [-0.4, -0.2) is 13.3 Å². The molecule has 1 aromatic carbocycles. The molecule has 0 saturated carbocycles. The van der Waals surface area contributed by atoms with E-state index in [4.69, 9.17) is 0 Å². The fraction of sp³-hybridized carbons (Fsp3) is 0.0769. The van der Waals surface area contributed by atoms with Gasteiger partial charge in [0.15, 0.2) is 9.84 Å². The summed E-state index contributed by atoms with van der Waals surface area (Å²) in [6.07, 6.45) is 1.52. The minimum Gasteiger partial charge on any atom is -0.258 e. The standard InChI is InChI=1S/C13H11NO4S2/c1-10-2-5-12(19-10)8-9-20(17,18)13-6-3-11(4-7-13)14(15)16/h2-9H,1H3/b9-8+. The van der Waals surface area contributed by atoms with Crippen molar-refractivity contribution >= 4 is 32.9 Å². The maximum atomic E-state index is 12.0. The average molecular weight is 309 g/mol. The van der Waals surface area contributed by atoms with Crippen LogP contribution in [0.4, 0.5) is 5.69 Å². The van der Waals surface area contributed by atoms with Gasteiger partial charge in [-0.15, -0.1) is 11.3 Å². The van der Waals surface area contributed by atoms with Gasteiger partial charge in [-0.25, -0.2) is 8.42 Å². The average Bonchev–Trinajstić information content (AvgIpc) is 2.82. The van der Waals surface area contributed by atoms with Gasteiger partial charge in [-0.05, 0) is 37.3 Å². The van der Waals surface area contributed by atoms with E-state index in [1.165, 1.54) is 41.7 Å². The predicted molar refractivity (Wildman–Crippen MR) is 78.4 cm³/mol. The molecule has 0 amide bonds. The molecule has 0 fully saturated rings. The quantitative estimate of drug-likeness (QED) is 0.640. The molecule has 1 aromatic heterocycles. The number of nitro benzene ring substituents is 1. The Balaban J connectivity index is 2.26. The fourth-order valence-corrected chi connectivity index (χ4v) is 3.40. The third-order valence-corrected chi connectivity index (χ3v) is 4.94. The first kappa shape index (κ1) is 14.4. The van der Waals surface area contributed by atoms with E-state index in [9.17, 15) is 18.5 Å². The van der Waals surface area contributed by atoms with Crippen LogP contribution in [-0.2, 0) is 9.84 Å². The molecule has 0 radical (unpaired) electrons. The van der Waals surface area contributed by atoms with Crippen LogP contribution in [0.5, 0.6) is 0 Å². The first-order valence-electron chi connectivity index (χ1n) is 5.62. The Kier molecular flexibility index (Phi) is 4.01. The molecule has 104 valence electrons. The summed E-state index contributed by atoms with van der Waals surface area (Å²) in [5.74, 6) is 0. The molecule has 1 heterocycles. The predicted octanol–water partition coefficient (Wildman–Crippen LogP) is 3.41. The first-order valence-corrected chi connectivity index (χ1v) is 7.99. The highest BCUT2D eigenvalue weighted by Crippen LogP contribution is 2.21. The van der Waals surface area contributed by atoms with Crippen LogP contribution in [0.15, 0.2) is 46.7 Å². The van der Waals surface area contributed by atoms with Gasteiger partial charge in [-0.3, -0.25) is 10.1 Å². The van der Waals surface area contributed by atoms with Gasteiger partial charge in [0.25, 0.3) is 5.69 Å². The van der Waals surface area contributed by atoms with Gasteiger partial charge < -0.3 is 0 Å². The van der Waals surface area contributed by atoms with E-state index in [1.807, 2.05) is 19.1 Å². The summed E-state index contributed by atoms with van der Waals surface area (Å²) in [6.45, 7) is 1.94. The molecule has 2 rings (SSSR count). The van der Waals surface area contributed by atoms with Crippen molar-refractivity contribution in [3.8, 4) is 0 Å². The summed E-state index contributed by atoms with van der Waals surface area (Å²) in [6, 6.07) is 8.56. The SMILES string of the molecule is Cc1ccc(/C=C/S(=O)(=O)c2ccc([N+](=O)[O-])cc2)s1. The number of nitrogens with zero attached hydrogens (tertiary/aromatic N) is 1. The van der Waals surface area contributed by atoms with Crippen LogP contribution in [0.1, 0.15) is 9.75 Å². The van der Waals surface area contributed by atoms with Gasteiger partial charge in [0, 0.05) is 27.3 Å². The summed E-state index contributed by atoms with van der Waals surface area (Å²) in [7, 11) is -3.59. The van der Waals surface area contributed by atoms with Crippen molar-refractivity contribution in [3.63, 3.8) is 0 Å². The van der Waals surface area contributed by atoms with Gasteiger partial charge in [0.1, 0.15) is 0 Å². The largest absolute Gasteiger partial charge is 0.269 e. The highest BCUT2D eigenvalue weighted by atomic mass is 32.2. The second kappa shape index (κ2) is 5.56. The number of hydrogen-bond donors (Lipinski definition) is 0. The number of thiophene rings is 1. The van der Waals surface area contributed by atoms with Gasteiger partial charge in [0.05, 0.1) is 9.82 Å². The van der Waals surface area contributed by atoms with Crippen molar-refractivity contribution in [1.82, 2.24) is 0 Å². The minimum absolute atomic E-state index is 0.0348. The van der Waals surface area contributed by atoms with E-state index in [2.05, 4.69) is 0 Å². The second-order valence-corrected chi connectivity index (χ2v) is 7.20. The molecule has 0 N–H and O–H groups in total. The van der Waals surface area contributed by atoms with Crippen molar-refractivity contribution in [2.75, 3.05) is 0 Å². The molecular weight excluding hydrogens is 298 g/mol. The van der Waals surface area contributed by atoms with Crippen molar-refractivity contribution in [1.29, 1.82) is 0 Å². The van der Waals surface area contributed by atoms with E-state index in [1.54, 1.807) is 0 Å². The van der Waals surface area contributed by atoms with Crippen molar-refractivity contribution in [3.05, 3.63) is 61.7 Å². The van der Waals surface area contributed by atoms with E-state index in [0.717, 1.165) is 15.2 Å². The molecule has 2 aromatic rings. The minimum atomic E-state index is -3.59. The molecule has 0 aliphatic carbocycles. The summed E-state index contributed by atoms with van der Waals surface area (Å²) in [5, 5.41) is 11.6. The summed E-state index contributed by atoms with van der Waals surface area (Å²) in [5.41, 5.74) is -0.137. The zero-order valence-corrected chi connectivity index (χ0v) is 12.1. The topological polar surface area (TPSA) is 77.3 Å². The Morgan fingerprint density at radius 1 is 1.15 bits per heavy atom. The van der Waals surface area contributed by atoms with Gasteiger partial charge in [-0.2, -0.15) is 0 Å². The molecule has 5 nitrogen and oxygen atoms in total. The maximum Gasteiger partial charge on any atom is 0.269 e. The Hall–Kier alpha value is -1.99. The number of rotatable bonds is 4. The van der Waals surface area contributed by atoms with E-state index in [-0.39, 0.29) is 10.6 Å². The third-order valence-electron chi connectivity index (χ3n) is 2.55. The second-order valence-electron chi connectivity index (χ2n) is 4.05. The summed E-state index contributed by atoms with van der Waals surface area (Å²) < 4.78 is 24.1. The molecule has 0 aliphatic rings. The molecule has 0 saturated heterocycles. The van der Waals surface area contributed by atoms with Crippen LogP contribution in [0, 0.1) is 17.0 Å². The number of nitro groups is 1. The molecule has 0 spiro atoms. The molecule has 0 atom stereocenters. The normalized spacial score (nSPS) is 11.8. The maximum absolute atomic E-state index is 12.0. The van der Waals surface area contributed by atoms with Crippen LogP contribution in [0.3, 0.4) is 0 Å². The highest BCUT2D eigenvalue weighted by molar-refractivity contribution is 7.94. The Labute approximate surface area is 120 Å². The Morgan fingerprint density at radius 2 is 1.80 bits per heavy atom. The number of non-ortho nitro benzene ring substituents is 1. The van der Waals surface area contributed by atoms with Gasteiger partial charge >= 0.3 is 0 Å². The molecular formula is C13H11NO4S2. The lowest BCUT2D eigenvalue weighted by molar-refractivity contribution is -0.384. The smallest absolute Gasteiger partial charge is 0.258 e. The van der Waals surface area contributed by atoms with Crippen molar-refractivity contribution < 1.29 is 13.3 Å². The summed E-state index contributed by atoms with van der Waals surface area (Å²) in [4.78, 5) is 11.9. The van der Waals surface area contributed by atoms with Crippen LogP contribution in [0.2, 0.25) is 0 Å². The van der Waals surface area contributed by atoms with Crippen LogP contribution < -0.4 is 0 Å². The van der Waals surface area contributed by atoms with Crippen molar-refractivity contribution in [2.45, 2.75) is 11.8 Å². The van der Waals surface area contributed by atoms with E-state index in [0.29, 0.717) is 0 Å². The molecule has 0 bridgehead atoms. The van der Waals surface area contributed by atoms with E-state index >= 15 is 0 Å². The Bertz CT molecular complexity index is 758. The zero-order valence-electron chi connectivity index (χ0n) is 10.5.